The number of aromatic nitrogens is 1. The summed E-state index contributed by atoms with van der Waals surface area (Å²) in [5, 5.41) is 21.2. The Morgan fingerprint density at radius 2 is 2.06 bits per heavy atom. The SMILES string of the molecule is CO/C(C)=C(\C(C)=N)c1ccc(CNS(=O)[C@@H]2C[C@@H](O)CN2C(=O)Cc2cc(C)no2)cc1. The number of β-amino-alcohol motifs (C(OH)–C–C–N with tert-alkyl or cyclic N) is 1. The molecule has 3 N–H and O–H groups in total. The quantitative estimate of drug-likeness (QED) is 0.378. The summed E-state index contributed by atoms with van der Waals surface area (Å²) >= 11 is 0. The monoisotopic (exact) mass is 474 g/mol. The predicted molar refractivity (Wildman–Crippen MR) is 125 cm³/mol. The lowest BCUT2D eigenvalue weighted by Crippen LogP contribution is -2.42. The summed E-state index contributed by atoms with van der Waals surface area (Å²) in [5.41, 5.74) is 3.59. The zero-order chi connectivity index (χ0) is 24.1. The van der Waals surface area contributed by atoms with E-state index in [4.69, 9.17) is 14.7 Å². The molecule has 0 bridgehead atoms. The smallest absolute Gasteiger partial charge is 0.231 e. The summed E-state index contributed by atoms with van der Waals surface area (Å²) in [6, 6.07) is 9.26. The van der Waals surface area contributed by atoms with Crippen molar-refractivity contribution in [3.63, 3.8) is 0 Å². The van der Waals surface area contributed by atoms with Crippen LogP contribution in [0.4, 0.5) is 0 Å². The van der Waals surface area contributed by atoms with E-state index in [1.807, 2.05) is 31.2 Å². The number of likely N-dealkylation sites (tertiary alicyclic amines) is 1. The van der Waals surface area contributed by atoms with Crippen LogP contribution in [0.25, 0.3) is 5.57 Å². The standard InChI is InChI=1S/C23H30N4O5S/c1-14-9-20(32-26-14)11-21(29)27-13-19(28)10-22(27)33(30)25-12-17-5-7-18(8-6-17)23(15(2)24)16(3)31-4/h5-9,19,22,24-25,28H,10-13H2,1-4H3/b23-16+,24-15?/t19-,22-,33?/m1/s1. The van der Waals surface area contributed by atoms with Gasteiger partial charge in [-0.3, -0.25) is 4.79 Å². The molecule has 9 nitrogen and oxygen atoms in total. The van der Waals surface area contributed by atoms with Crippen LogP contribution in [0.3, 0.4) is 0 Å². The van der Waals surface area contributed by atoms with Gasteiger partial charge < -0.3 is 24.7 Å². The average Bonchev–Trinajstić information content (AvgIpc) is 3.37. The molecule has 2 heterocycles. The third-order valence-corrected chi connectivity index (χ3v) is 6.86. The molecular formula is C23H30N4O5S. The van der Waals surface area contributed by atoms with Crippen molar-refractivity contribution in [1.82, 2.24) is 14.8 Å². The van der Waals surface area contributed by atoms with Crippen molar-refractivity contribution in [2.75, 3.05) is 13.7 Å². The van der Waals surface area contributed by atoms with Gasteiger partial charge in [0.05, 0.1) is 25.3 Å². The van der Waals surface area contributed by atoms with Crippen LogP contribution < -0.4 is 4.72 Å². The molecule has 1 unspecified atom stereocenters. The first-order valence-electron chi connectivity index (χ1n) is 10.6. The second-order valence-corrected chi connectivity index (χ2v) is 9.51. The van der Waals surface area contributed by atoms with Gasteiger partial charge in [-0.25, -0.2) is 8.93 Å². The number of aryl methyl sites for hydroxylation is 1. The number of ether oxygens (including phenoxy) is 1. The Balaban J connectivity index is 1.63. The number of allylic oxidation sites excluding steroid dienone is 2. The Morgan fingerprint density at radius 3 is 2.64 bits per heavy atom. The van der Waals surface area contributed by atoms with E-state index < -0.39 is 22.5 Å². The number of amides is 1. The highest BCUT2D eigenvalue weighted by atomic mass is 32.2. The topological polar surface area (TPSA) is 129 Å². The zero-order valence-electron chi connectivity index (χ0n) is 19.3. The van der Waals surface area contributed by atoms with Crippen molar-refractivity contribution in [1.29, 1.82) is 5.41 Å². The number of hydrogen-bond acceptors (Lipinski definition) is 7. The second-order valence-electron chi connectivity index (χ2n) is 8.08. The van der Waals surface area contributed by atoms with E-state index in [0.29, 0.717) is 29.5 Å². The Labute approximate surface area is 195 Å². The average molecular weight is 475 g/mol. The number of benzene rings is 1. The summed E-state index contributed by atoms with van der Waals surface area (Å²) in [4.78, 5) is 14.2. The molecule has 0 aliphatic carbocycles. The summed E-state index contributed by atoms with van der Waals surface area (Å²) in [6.45, 7) is 5.76. The van der Waals surface area contributed by atoms with E-state index >= 15 is 0 Å². The number of rotatable bonds is 9. The minimum atomic E-state index is -1.56. The molecule has 1 aromatic heterocycles. The van der Waals surface area contributed by atoms with E-state index in [9.17, 15) is 14.1 Å². The number of aliphatic hydroxyl groups is 1. The molecule has 0 radical (unpaired) electrons. The highest BCUT2D eigenvalue weighted by molar-refractivity contribution is 7.83. The van der Waals surface area contributed by atoms with Crippen molar-refractivity contribution in [3.05, 3.63) is 58.7 Å². The van der Waals surface area contributed by atoms with Gasteiger partial charge in [0.2, 0.25) is 5.91 Å². The Hall–Kier alpha value is -2.82. The van der Waals surface area contributed by atoms with Crippen LogP contribution in [-0.4, -0.2) is 56.1 Å². The lowest BCUT2D eigenvalue weighted by atomic mass is 9.99. The molecule has 1 saturated heterocycles. The Bertz CT molecular complexity index is 1060. The highest BCUT2D eigenvalue weighted by Gasteiger charge is 2.38. The second kappa shape index (κ2) is 10.9. The van der Waals surface area contributed by atoms with Crippen LogP contribution in [0, 0.1) is 12.3 Å². The summed E-state index contributed by atoms with van der Waals surface area (Å²) in [7, 11) is 0.0110. The first kappa shape index (κ1) is 24.8. The van der Waals surface area contributed by atoms with Gasteiger partial charge in [-0.1, -0.05) is 29.4 Å². The lowest BCUT2D eigenvalue weighted by Gasteiger charge is -2.23. The number of carbonyl (C=O) groups excluding carboxylic acids is 1. The minimum Gasteiger partial charge on any atom is -0.501 e. The number of aliphatic hydroxyl groups excluding tert-OH is 1. The molecule has 178 valence electrons. The van der Waals surface area contributed by atoms with Crippen LogP contribution in [-0.2, 0) is 33.5 Å². The summed E-state index contributed by atoms with van der Waals surface area (Å²) in [6.07, 6.45) is -0.478. The molecule has 0 saturated carbocycles. The van der Waals surface area contributed by atoms with E-state index in [0.717, 1.165) is 16.7 Å². The molecule has 1 amide bonds. The van der Waals surface area contributed by atoms with Crippen LogP contribution in [0.5, 0.6) is 0 Å². The van der Waals surface area contributed by atoms with Gasteiger partial charge in [0.25, 0.3) is 0 Å². The molecule has 1 aliphatic heterocycles. The number of methoxy groups -OCH3 is 1. The van der Waals surface area contributed by atoms with Gasteiger partial charge in [0.15, 0.2) is 0 Å². The maximum absolute atomic E-state index is 12.9. The lowest BCUT2D eigenvalue weighted by molar-refractivity contribution is -0.130. The van der Waals surface area contributed by atoms with Crippen molar-refractivity contribution in [2.24, 2.45) is 0 Å². The molecule has 3 atom stereocenters. The molecular weight excluding hydrogens is 444 g/mol. The van der Waals surface area contributed by atoms with Gasteiger partial charge in [-0.05, 0) is 31.9 Å². The number of carbonyl (C=O) groups is 1. The first-order valence-corrected chi connectivity index (χ1v) is 11.8. The maximum atomic E-state index is 12.9. The van der Waals surface area contributed by atoms with Gasteiger partial charge in [-0.15, -0.1) is 0 Å². The molecule has 10 heteroatoms. The van der Waals surface area contributed by atoms with Crippen molar-refractivity contribution in [3.8, 4) is 0 Å². The van der Waals surface area contributed by atoms with Crippen LogP contribution in [0.15, 0.2) is 40.6 Å². The number of nitrogens with one attached hydrogen (secondary N) is 2. The largest absolute Gasteiger partial charge is 0.501 e. The highest BCUT2D eigenvalue weighted by Crippen LogP contribution is 2.23. The van der Waals surface area contributed by atoms with Crippen LogP contribution >= 0.6 is 0 Å². The van der Waals surface area contributed by atoms with E-state index in [2.05, 4.69) is 9.88 Å². The van der Waals surface area contributed by atoms with Gasteiger partial charge in [-0.2, -0.15) is 0 Å². The minimum absolute atomic E-state index is 0.00585. The van der Waals surface area contributed by atoms with Crippen molar-refractivity contribution >= 4 is 28.2 Å². The molecule has 1 aliphatic rings. The fourth-order valence-electron chi connectivity index (χ4n) is 3.82. The molecule has 0 spiro atoms. The third-order valence-electron chi connectivity index (χ3n) is 5.49. The zero-order valence-corrected chi connectivity index (χ0v) is 20.1. The van der Waals surface area contributed by atoms with Gasteiger partial charge >= 0.3 is 0 Å². The third kappa shape index (κ3) is 6.16. The molecule has 1 fully saturated rings. The van der Waals surface area contributed by atoms with E-state index in [-0.39, 0.29) is 25.3 Å². The van der Waals surface area contributed by atoms with E-state index in [1.165, 1.54) is 4.90 Å². The Morgan fingerprint density at radius 1 is 1.36 bits per heavy atom. The van der Waals surface area contributed by atoms with Crippen LogP contribution in [0.1, 0.15) is 42.8 Å². The van der Waals surface area contributed by atoms with Crippen molar-refractivity contribution < 1.29 is 23.4 Å². The fraction of sp³-hybridized carbons (Fsp3) is 0.435. The molecule has 33 heavy (non-hydrogen) atoms. The van der Waals surface area contributed by atoms with Crippen molar-refractivity contribution in [2.45, 2.75) is 51.6 Å². The summed E-state index contributed by atoms with van der Waals surface area (Å²) < 4.78 is 26.3. The van der Waals surface area contributed by atoms with E-state index in [1.54, 1.807) is 27.0 Å². The molecule has 3 rings (SSSR count). The molecule has 1 aromatic carbocycles. The number of nitrogens with zero attached hydrogens (tertiary/aromatic N) is 2. The first-order chi connectivity index (χ1) is 15.7. The normalized spacial score (nSPS) is 19.8. The summed E-state index contributed by atoms with van der Waals surface area (Å²) in [5.74, 6) is 0.843. The van der Waals surface area contributed by atoms with Gasteiger partial charge in [0.1, 0.15) is 27.9 Å². The Kier molecular flexibility index (Phi) is 8.17. The van der Waals surface area contributed by atoms with Crippen LogP contribution in [0.2, 0.25) is 0 Å². The molecule has 2 aromatic rings. The maximum Gasteiger partial charge on any atom is 0.231 e. The predicted octanol–water partition coefficient (Wildman–Crippen LogP) is 2.32. The van der Waals surface area contributed by atoms with Gasteiger partial charge in [0, 0.05) is 36.9 Å². The fourth-order valence-corrected chi connectivity index (χ4v) is 5.15. The number of hydrogen-bond donors (Lipinski definition) is 3.